The molecule has 0 bridgehead atoms. The summed E-state index contributed by atoms with van der Waals surface area (Å²) in [5.74, 6) is 0.482. The van der Waals surface area contributed by atoms with Gasteiger partial charge in [0.15, 0.2) is 5.78 Å². The zero-order chi connectivity index (χ0) is 14.7. The number of carbonyl (C=O) groups excluding carboxylic acids is 1. The van der Waals surface area contributed by atoms with Gasteiger partial charge in [-0.3, -0.25) is 4.79 Å². The lowest BCUT2D eigenvalue weighted by Crippen LogP contribution is -2.36. The second kappa shape index (κ2) is 6.74. The molecule has 2 nitrogen and oxygen atoms in total. The first kappa shape index (κ1) is 14.8. The van der Waals surface area contributed by atoms with E-state index >= 15 is 0 Å². The van der Waals surface area contributed by atoms with Crippen LogP contribution in [0.25, 0.3) is 0 Å². The number of aryl methyl sites for hydroxylation is 1. The average Bonchev–Trinajstić information content (AvgIpc) is 2.54. The molecule has 0 radical (unpaired) electrons. The number of hydrogen-bond donors (Lipinski definition) is 0. The molecular formula is C19H27NO. The van der Waals surface area contributed by atoms with E-state index in [4.69, 9.17) is 0 Å². The van der Waals surface area contributed by atoms with E-state index in [0.29, 0.717) is 5.78 Å². The van der Waals surface area contributed by atoms with Gasteiger partial charge in [-0.15, -0.1) is 0 Å². The summed E-state index contributed by atoms with van der Waals surface area (Å²) < 4.78 is 0. The van der Waals surface area contributed by atoms with Gasteiger partial charge in [0.2, 0.25) is 0 Å². The molecule has 1 aromatic rings. The third-order valence-corrected chi connectivity index (χ3v) is 5.09. The lowest BCUT2D eigenvalue weighted by molar-refractivity contribution is 0.0882. The van der Waals surface area contributed by atoms with Crippen molar-refractivity contribution in [1.82, 2.24) is 4.90 Å². The van der Waals surface area contributed by atoms with E-state index in [1.54, 1.807) is 0 Å². The lowest BCUT2D eigenvalue weighted by atomic mass is 9.84. The Morgan fingerprint density at radius 2 is 1.86 bits per heavy atom. The number of nitrogens with zero attached hydrogens (tertiary/aromatic N) is 1. The van der Waals surface area contributed by atoms with E-state index in [1.165, 1.54) is 56.3 Å². The normalized spacial score (nSPS) is 20.8. The van der Waals surface area contributed by atoms with Crippen LogP contribution in [0.2, 0.25) is 0 Å². The van der Waals surface area contributed by atoms with E-state index in [9.17, 15) is 4.79 Å². The molecule has 2 heteroatoms. The van der Waals surface area contributed by atoms with Gasteiger partial charge in [-0.1, -0.05) is 31.5 Å². The zero-order valence-corrected chi connectivity index (χ0v) is 13.2. The molecule has 3 rings (SSSR count). The Hall–Kier alpha value is -1.15. The highest BCUT2D eigenvalue weighted by molar-refractivity contribution is 5.99. The van der Waals surface area contributed by atoms with Gasteiger partial charge in [0, 0.05) is 18.0 Å². The summed E-state index contributed by atoms with van der Waals surface area (Å²) in [7, 11) is 0. The predicted octanol–water partition coefficient (Wildman–Crippen LogP) is 3.87. The van der Waals surface area contributed by atoms with Crippen LogP contribution in [0.5, 0.6) is 0 Å². The number of ketones is 1. The SMILES string of the molecule is CC(CN1CCCCC1)C(=O)c1cccc2c1CCCC2. The Morgan fingerprint density at radius 1 is 1.10 bits per heavy atom. The Labute approximate surface area is 128 Å². The third kappa shape index (κ3) is 3.37. The van der Waals surface area contributed by atoms with Gasteiger partial charge in [-0.05, 0) is 62.7 Å². The number of Topliss-reactive ketones (excluding diaryl/α,β-unsaturated/α-hetero) is 1. The summed E-state index contributed by atoms with van der Waals surface area (Å²) in [6.45, 7) is 5.39. The number of benzene rings is 1. The monoisotopic (exact) mass is 285 g/mol. The van der Waals surface area contributed by atoms with E-state index in [2.05, 4.69) is 30.0 Å². The van der Waals surface area contributed by atoms with Crippen LogP contribution in [0.15, 0.2) is 18.2 Å². The highest BCUT2D eigenvalue weighted by Crippen LogP contribution is 2.26. The van der Waals surface area contributed by atoms with Gasteiger partial charge in [-0.25, -0.2) is 0 Å². The molecular weight excluding hydrogens is 258 g/mol. The quantitative estimate of drug-likeness (QED) is 0.783. The summed E-state index contributed by atoms with van der Waals surface area (Å²) in [6, 6.07) is 6.34. The summed E-state index contributed by atoms with van der Waals surface area (Å²) in [5, 5.41) is 0. The van der Waals surface area contributed by atoms with Crippen molar-refractivity contribution in [2.75, 3.05) is 19.6 Å². The maximum atomic E-state index is 12.9. The second-order valence-corrected chi connectivity index (χ2v) is 6.78. The molecule has 1 atom stereocenters. The second-order valence-electron chi connectivity index (χ2n) is 6.78. The van der Waals surface area contributed by atoms with Crippen LogP contribution in [-0.4, -0.2) is 30.3 Å². The Morgan fingerprint density at radius 3 is 2.67 bits per heavy atom. The Kier molecular flexibility index (Phi) is 4.74. The van der Waals surface area contributed by atoms with Crippen LogP contribution >= 0.6 is 0 Å². The number of carbonyl (C=O) groups is 1. The van der Waals surface area contributed by atoms with E-state index < -0.39 is 0 Å². The molecule has 0 spiro atoms. The number of hydrogen-bond acceptors (Lipinski definition) is 2. The molecule has 0 amide bonds. The maximum absolute atomic E-state index is 12.9. The first-order valence-electron chi connectivity index (χ1n) is 8.63. The summed E-state index contributed by atoms with van der Waals surface area (Å²) in [6.07, 6.45) is 8.69. The Bertz CT molecular complexity index is 502. The van der Waals surface area contributed by atoms with Crippen molar-refractivity contribution >= 4 is 5.78 Å². The smallest absolute Gasteiger partial charge is 0.167 e. The molecule has 1 heterocycles. The fraction of sp³-hybridized carbons (Fsp3) is 0.632. The summed E-state index contributed by atoms with van der Waals surface area (Å²) >= 11 is 0. The van der Waals surface area contributed by atoms with Crippen LogP contribution in [0.1, 0.15) is 60.5 Å². The first-order valence-corrected chi connectivity index (χ1v) is 8.63. The molecule has 0 N–H and O–H groups in total. The van der Waals surface area contributed by atoms with Gasteiger partial charge < -0.3 is 4.90 Å². The van der Waals surface area contributed by atoms with Crippen LogP contribution in [0.4, 0.5) is 0 Å². The minimum absolute atomic E-state index is 0.122. The standard InChI is InChI=1S/C19H27NO/c1-15(14-20-12-5-2-6-13-20)19(21)18-11-7-9-16-8-3-4-10-17(16)18/h7,9,11,15H,2-6,8,10,12-14H2,1H3. The van der Waals surface area contributed by atoms with Crippen LogP contribution in [0.3, 0.4) is 0 Å². The van der Waals surface area contributed by atoms with E-state index in [1.807, 2.05) is 0 Å². The zero-order valence-electron chi connectivity index (χ0n) is 13.2. The summed E-state index contributed by atoms with van der Waals surface area (Å²) in [4.78, 5) is 15.3. The molecule has 0 saturated carbocycles. The van der Waals surface area contributed by atoms with Gasteiger partial charge in [0.1, 0.15) is 0 Å². The lowest BCUT2D eigenvalue weighted by Gasteiger charge is -2.29. The number of piperidine rings is 1. The van der Waals surface area contributed by atoms with Crippen LogP contribution < -0.4 is 0 Å². The largest absolute Gasteiger partial charge is 0.303 e. The number of rotatable bonds is 4. The molecule has 2 aliphatic rings. The fourth-order valence-electron chi connectivity index (χ4n) is 3.89. The molecule has 0 aromatic heterocycles. The van der Waals surface area contributed by atoms with Crippen molar-refractivity contribution in [3.05, 3.63) is 34.9 Å². The van der Waals surface area contributed by atoms with Gasteiger partial charge in [-0.2, -0.15) is 0 Å². The molecule has 1 saturated heterocycles. The molecule has 1 fully saturated rings. The van der Waals surface area contributed by atoms with Crippen molar-refractivity contribution in [2.45, 2.75) is 51.9 Å². The van der Waals surface area contributed by atoms with Gasteiger partial charge >= 0.3 is 0 Å². The fourth-order valence-corrected chi connectivity index (χ4v) is 3.89. The molecule has 114 valence electrons. The minimum atomic E-state index is 0.122. The molecule has 21 heavy (non-hydrogen) atoms. The minimum Gasteiger partial charge on any atom is -0.303 e. The van der Waals surface area contributed by atoms with Gasteiger partial charge in [0.25, 0.3) is 0 Å². The molecule has 1 aliphatic carbocycles. The van der Waals surface area contributed by atoms with Crippen LogP contribution in [0, 0.1) is 5.92 Å². The highest BCUT2D eigenvalue weighted by atomic mass is 16.1. The molecule has 1 aliphatic heterocycles. The Balaban J connectivity index is 1.72. The van der Waals surface area contributed by atoms with Crippen molar-refractivity contribution < 1.29 is 4.79 Å². The topological polar surface area (TPSA) is 20.3 Å². The van der Waals surface area contributed by atoms with Crippen molar-refractivity contribution in [2.24, 2.45) is 5.92 Å². The van der Waals surface area contributed by atoms with Crippen LogP contribution in [-0.2, 0) is 12.8 Å². The van der Waals surface area contributed by atoms with E-state index in [0.717, 1.165) is 24.9 Å². The molecule has 1 aromatic carbocycles. The maximum Gasteiger partial charge on any atom is 0.167 e. The van der Waals surface area contributed by atoms with Crippen molar-refractivity contribution in [3.63, 3.8) is 0 Å². The first-order chi connectivity index (χ1) is 10.3. The van der Waals surface area contributed by atoms with E-state index in [-0.39, 0.29) is 5.92 Å². The van der Waals surface area contributed by atoms with Crippen molar-refractivity contribution in [3.8, 4) is 0 Å². The predicted molar refractivity (Wildman–Crippen MR) is 86.9 cm³/mol. The van der Waals surface area contributed by atoms with Crippen molar-refractivity contribution in [1.29, 1.82) is 0 Å². The highest BCUT2D eigenvalue weighted by Gasteiger charge is 2.23. The molecule has 1 unspecified atom stereocenters. The third-order valence-electron chi connectivity index (χ3n) is 5.09. The average molecular weight is 285 g/mol. The van der Waals surface area contributed by atoms with Gasteiger partial charge in [0.05, 0.1) is 0 Å². The summed E-state index contributed by atoms with van der Waals surface area (Å²) in [5.41, 5.74) is 3.77. The number of fused-ring (bicyclic) bond motifs is 1. The number of likely N-dealkylation sites (tertiary alicyclic amines) is 1.